The Bertz CT molecular complexity index is 546. The fourth-order valence-electron chi connectivity index (χ4n) is 1.61. The summed E-state index contributed by atoms with van der Waals surface area (Å²) in [7, 11) is -3.72. The van der Waals surface area contributed by atoms with Crippen LogP contribution in [0.3, 0.4) is 0 Å². The number of nitrogens with two attached hydrogens (primary N) is 1. The van der Waals surface area contributed by atoms with E-state index in [0.29, 0.717) is 12.0 Å². The predicted octanol–water partition coefficient (Wildman–Crippen LogP) is 1.01. The third-order valence-corrected chi connectivity index (χ3v) is 4.39. The van der Waals surface area contributed by atoms with Gasteiger partial charge < -0.3 is 10.8 Å². The van der Waals surface area contributed by atoms with E-state index in [1.807, 2.05) is 6.92 Å². The molecule has 0 fully saturated rings. The molecule has 1 aromatic carbocycles. The summed E-state index contributed by atoms with van der Waals surface area (Å²) in [6.45, 7) is 3.55. The second-order valence-electron chi connectivity index (χ2n) is 4.61. The highest BCUT2D eigenvalue weighted by Crippen LogP contribution is 2.21. The monoisotopic (exact) mass is 290 g/mol. The number of aliphatic hydroxyl groups excluding tert-OH is 1. The lowest BCUT2D eigenvalue weighted by Crippen LogP contribution is -2.29. The van der Waals surface area contributed by atoms with Gasteiger partial charge in [-0.15, -0.1) is 0 Å². The van der Waals surface area contributed by atoms with Gasteiger partial charge in [0.25, 0.3) is 0 Å². The van der Waals surface area contributed by atoms with Gasteiger partial charge in [0, 0.05) is 13.2 Å². The second kappa shape index (κ2) is 6.31. The summed E-state index contributed by atoms with van der Waals surface area (Å²) in [6.07, 6.45) is 0.507. The lowest BCUT2D eigenvalue weighted by Gasteiger charge is -2.13. The molecule has 0 bridgehead atoms. The largest absolute Gasteiger partial charge is 0.396 e. The van der Waals surface area contributed by atoms with E-state index in [1.165, 1.54) is 6.92 Å². The molecular formula is C12H19FN2O3S. The van der Waals surface area contributed by atoms with Crippen LogP contribution in [-0.4, -0.2) is 26.7 Å². The van der Waals surface area contributed by atoms with Crippen molar-refractivity contribution >= 4 is 15.7 Å². The molecule has 1 aromatic rings. The van der Waals surface area contributed by atoms with Crippen LogP contribution >= 0.6 is 0 Å². The van der Waals surface area contributed by atoms with Gasteiger partial charge in [-0.25, -0.2) is 17.5 Å². The number of nitrogen functional groups attached to an aromatic ring is 1. The number of hydrogen-bond donors (Lipinski definition) is 3. The number of aryl methyl sites for hydroxylation is 1. The molecule has 0 saturated carbocycles. The smallest absolute Gasteiger partial charge is 0.240 e. The molecule has 0 aromatic heterocycles. The van der Waals surface area contributed by atoms with E-state index >= 15 is 0 Å². The Morgan fingerprint density at radius 3 is 2.68 bits per heavy atom. The van der Waals surface area contributed by atoms with Crippen molar-refractivity contribution in [1.82, 2.24) is 4.72 Å². The number of anilines is 1. The Hall–Kier alpha value is -1.18. The minimum Gasteiger partial charge on any atom is -0.396 e. The molecule has 0 amide bonds. The molecule has 4 N–H and O–H groups in total. The normalized spacial score (nSPS) is 13.5. The summed E-state index contributed by atoms with van der Waals surface area (Å²) in [4.78, 5) is -0.0254. The van der Waals surface area contributed by atoms with Crippen molar-refractivity contribution in [3.63, 3.8) is 0 Å². The van der Waals surface area contributed by atoms with Gasteiger partial charge in [-0.2, -0.15) is 0 Å². The van der Waals surface area contributed by atoms with E-state index in [1.54, 1.807) is 0 Å². The first-order valence-electron chi connectivity index (χ1n) is 5.94. The van der Waals surface area contributed by atoms with Gasteiger partial charge >= 0.3 is 0 Å². The lowest BCUT2D eigenvalue weighted by molar-refractivity contribution is 0.263. The Kier molecular flexibility index (Phi) is 5.28. The summed E-state index contributed by atoms with van der Waals surface area (Å²) in [6, 6.07) is 2.21. The van der Waals surface area contributed by atoms with E-state index < -0.39 is 15.8 Å². The zero-order valence-electron chi connectivity index (χ0n) is 11.0. The predicted molar refractivity (Wildman–Crippen MR) is 71.6 cm³/mol. The van der Waals surface area contributed by atoms with E-state index in [4.69, 9.17) is 10.8 Å². The molecule has 1 rings (SSSR count). The topological polar surface area (TPSA) is 92.4 Å². The van der Waals surface area contributed by atoms with Gasteiger partial charge in [-0.05, 0) is 37.0 Å². The molecular weight excluding hydrogens is 271 g/mol. The quantitative estimate of drug-likeness (QED) is 0.682. The first-order valence-corrected chi connectivity index (χ1v) is 7.42. The molecule has 0 spiro atoms. The zero-order valence-corrected chi connectivity index (χ0v) is 11.8. The maximum atomic E-state index is 13.2. The average molecular weight is 290 g/mol. The maximum Gasteiger partial charge on any atom is 0.240 e. The lowest BCUT2D eigenvalue weighted by atomic mass is 10.1. The Morgan fingerprint density at radius 2 is 2.11 bits per heavy atom. The van der Waals surface area contributed by atoms with Gasteiger partial charge in [0.2, 0.25) is 10.0 Å². The Labute approximate surface area is 112 Å². The van der Waals surface area contributed by atoms with Crippen LogP contribution < -0.4 is 10.5 Å². The number of rotatable bonds is 6. The van der Waals surface area contributed by atoms with Crippen LogP contribution in [0.25, 0.3) is 0 Å². The first-order chi connectivity index (χ1) is 8.77. The van der Waals surface area contributed by atoms with Gasteiger partial charge in [-0.1, -0.05) is 6.92 Å². The fraction of sp³-hybridized carbons (Fsp3) is 0.500. The van der Waals surface area contributed by atoms with Crippen LogP contribution in [0, 0.1) is 18.7 Å². The minimum absolute atomic E-state index is 0.00538. The highest BCUT2D eigenvalue weighted by molar-refractivity contribution is 7.89. The van der Waals surface area contributed by atoms with E-state index in [0.717, 1.165) is 12.1 Å². The molecule has 0 aliphatic carbocycles. The highest BCUT2D eigenvalue weighted by Gasteiger charge is 2.19. The average Bonchev–Trinajstić information content (AvgIpc) is 2.31. The summed E-state index contributed by atoms with van der Waals surface area (Å²) in [5.41, 5.74) is 5.49. The van der Waals surface area contributed by atoms with Gasteiger partial charge in [-0.3, -0.25) is 0 Å². The SMILES string of the molecule is Cc1cc(F)c(N)cc1S(=O)(=O)NCC(C)CCO. The van der Waals surface area contributed by atoms with Crippen LogP contribution in [0.1, 0.15) is 18.9 Å². The van der Waals surface area contributed by atoms with Crippen LogP contribution in [-0.2, 0) is 10.0 Å². The summed E-state index contributed by atoms with van der Waals surface area (Å²) >= 11 is 0. The first kappa shape index (κ1) is 15.9. The molecule has 19 heavy (non-hydrogen) atoms. The third kappa shape index (κ3) is 4.15. The van der Waals surface area contributed by atoms with E-state index in [2.05, 4.69) is 4.72 Å². The summed E-state index contributed by atoms with van der Waals surface area (Å²) in [5, 5.41) is 8.76. The van der Waals surface area contributed by atoms with Crippen molar-refractivity contribution in [3.8, 4) is 0 Å². The van der Waals surface area contributed by atoms with Crippen LogP contribution in [0.2, 0.25) is 0 Å². The molecule has 0 heterocycles. The number of benzene rings is 1. The molecule has 1 atom stereocenters. The number of nitrogens with one attached hydrogen (secondary N) is 1. The molecule has 108 valence electrons. The van der Waals surface area contributed by atoms with Gasteiger partial charge in [0.15, 0.2) is 0 Å². The van der Waals surface area contributed by atoms with Crippen LogP contribution in [0.15, 0.2) is 17.0 Å². The van der Waals surface area contributed by atoms with Crippen molar-refractivity contribution in [3.05, 3.63) is 23.5 Å². The molecule has 0 saturated heterocycles. The highest BCUT2D eigenvalue weighted by atomic mass is 32.2. The van der Waals surface area contributed by atoms with Gasteiger partial charge in [0.05, 0.1) is 10.6 Å². The van der Waals surface area contributed by atoms with Crippen molar-refractivity contribution in [2.24, 2.45) is 5.92 Å². The molecule has 0 aliphatic heterocycles. The summed E-state index contributed by atoms with van der Waals surface area (Å²) in [5.74, 6) is -0.622. The molecule has 0 aliphatic rings. The molecule has 7 heteroatoms. The molecule has 1 unspecified atom stereocenters. The third-order valence-electron chi connectivity index (χ3n) is 2.83. The van der Waals surface area contributed by atoms with Crippen molar-refractivity contribution in [1.29, 1.82) is 0 Å². The van der Waals surface area contributed by atoms with E-state index in [-0.39, 0.29) is 29.7 Å². The molecule has 5 nitrogen and oxygen atoms in total. The number of aliphatic hydroxyl groups is 1. The number of hydrogen-bond acceptors (Lipinski definition) is 4. The zero-order chi connectivity index (χ0) is 14.6. The van der Waals surface area contributed by atoms with Crippen molar-refractivity contribution in [2.45, 2.75) is 25.2 Å². The van der Waals surface area contributed by atoms with Crippen molar-refractivity contribution < 1.29 is 17.9 Å². The summed E-state index contributed by atoms with van der Waals surface area (Å²) < 4.78 is 39.8. The van der Waals surface area contributed by atoms with Crippen LogP contribution in [0.4, 0.5) is 10.1 Å². The van der Waals surface area contributed by atoms with Crippen molar-refractivity contribution in [2.75, 3.05) is 18.9 Å². The maximum absolute atomic E-state index is 13.2. The molecule has 0 radical (unpaired) electrons. The van der Waals surface area contributed by atoms with Gasteiger partial charge in [0.1, 0.15) is 5.82 Å². The Morgan fingerprint density at radius 1 is 1.47 bits per heavy atom. The minimum atomic E-state index is -3.72. The number of sulfonamides is 1. The fourth-order valence-corrected chi connectivity index (χ4v) is 3.03. The van der Waals surface area contributed by atoms with E-state index in [9.17, 15) is 12.8 Å². The van der Waals surface area contributed by atoms with Crippen LogP contribution in [0.5, 0.6) is 0 Å². The second-order valence-corrected chi connectivity index (χ2v) is 6.34. The number of halogens is 1. The standard InChI is InChI=1S/C12H19FN2O3S/c1-8(3-4-16)7-15-19(17,18)12-6-11(14)10(13)5-9(12)2/h5-6,8,15-16H,3-4,7,14H2,1-2H3. The Balaban J connectivity index is 2.92.